The van der Waals surface area contributed by atoms with Crippen molar-refractivity contribution in [2.24, 2.45) is 0 Å². The van der Waals surface area contributed by atoms with Gasteiger partial charge in [-0.3, -0.25) is 9.78 Å². The van der Waals surface area contributed by atoms with Gasteiger partial charge in [0, 0.05) is 18.5 Å². The molecule has 0 radical (unpaired) electrons. The fraction of sp³-hybridized carbons (Fsp3) is 0.226. The average Bonchev–Trinajstić information content (AvgIpc) is 3.35. The fourth-order valence-electron chi connectivity index (χ4n) is 4.85. The molecule has 3 aromatic carbocycles. The number of halogens is 2. The summed E-state index contributed by atoms with van der Waals surface area (Å²) in [6, 6.07) is 22.8. The number of nitrogens with zero attached hydrogens (tertiary/aromatic N) is 4. The summed E-state index contributed by atoms with van der Waals surface area (Å²) in [4.78, 5) is 25.5. The van der Waals surface area contributed by atoms with E-state index in [9.17, 15) is 9.90 Å². The van der Waals surface area contributed by atoms with Crippen LogP contribution in [0.2, 0.25) is 10.3 Å². The van der Waals surface area contributed by atoms with Crippen LogP contribution in [-0.4, -0.2) is 36.6 Å². The van der Waals surface area contributed by atoms with Crippen LogP contribution in [0.5, 0.6) is 0 Å². The van der Waals surface area contributed by atoms with Crippen molar-refractivity contribution < 1.29 is 19.4 Å². The monoisotopic (exact) mass is 603 g/mol. The molecule has 1 aliphatic rings. The van der Waals surface area contributed by atoms with Crippen LogP contribution in [0.3, 0.4) is 0 Å². The Morgan fingerprint density at radius 1 is 0.929 bits per heavy atom. The van der Waals surface area contributed by atoms with E-state index in [2.05, 4.69) is 20.3 Å². The Hall–Kier alpha value is -3.86. The molecule has 3 heterocycles. The molecule has 0 aliphatic carbocycles. The molecule has 9 nitrogen and oxygen atoms in total. The third-order valence-corrected chi connectivity index (χ3v) is 7.90. The smallest absolute Gasteiger partial charge is 0.271 e. The number of ether oxygens (including phenoxy) is 2. The van der Waals surface area contributed by atoms with Crippen LogP contribution in [-0.2, 0) is 29.2 Å². The molecule has 3 atom stereocenters. The molecule has 5 aromatic rings. The van der Waals surface area contributed by atoms with E-state index in [1.807, 2.05) is 72.8 Å². The molecule has 1 fully saturated rings. The largest absolute Gasteiger partial charge is 0.392 e. The molecule has 0 bridgehead atoms. The Kier molecular flexibility index (Phi) is 8.46. The van der Waals surface area contributed by atoms with Gasteiger partial charge >= 0.3 is 0 Å². The molecule has 2 N–H and O–H groups in total. The quantitative estimate of drug-likeness (QED) is 0.230. The van der Waals surface area contributed by atoms with Crippen molar-refractivity contribution in [3.05, 3.63) is 124 Å². The zero-order chi connectivity index (χ0) is 29.1. The first-order valence-corrected chi connectivity index (χ1v) is 14.2. The predicted molar refractivity (Wildman–Crippen MR) is 158 cm³/mol. The maximum Gasteiger partial charge on any atom is 0.271 e. The van der Waals surface area contributed by atoms with Crippen LogP contribution in [0.4, 0.5) is 0 Å². The van der Waals surface area contributed by atoms with Gasteiger partial charge in [-0.1, -0.05) is 83.9 Å². The van der Waals surface area contributed by atoms with E-state index in [1.165, 1.54) is 6.20 Å². The molecular formula is C31H27Cl2N5O4. The molecular weight excluding hydrogens is 577 g/mol. The van der Waals surface area contributed by atoms with E-state index >= 15 is 0 Å². The number of rotatable bonds is 8. The second kappa shape index (κ2) is 12.6. The van der Waals surface area contributed by atoms with E-state index in [0.29, 0.717) is 30.2 Å². The lowest BCUT2D eigenvalue weighted by Gasteiger charge is -2.36. The molecule has 1 aliphatic heterocycles. The van der Waals surface area contributed by atoms with Gasteiger partial charge in [0.2, 0.25) is 0 Å². The van der Waals surface area contributed by atoms with Gasteiger partial charge in [0.25, 0.3) is 5.91 Å². The third kappa shape index (κ3) is 6.30. The summed E-state index contributed by atoms with van der Waals surface area (Å²) in [7, 11) is 0. The second-order valence-electron chi connectivity index (χ2n) is 10.00. The zero-order valence-corrected chi connectivity index (χ0v) is 23.9. The number of benzene rings is 3. The van der Waals surface area contributed by atoms with Gasteiger partial charge in [0.05, 0.1) is 48.9 Å². The number of aliphatic hydroxyl groups excluding tert-OH is 1. The highest BCUT2D eigenvalue weighted by Gasteiger charge is 2.33. The number of imidazole rings is 1. The van der Waals surface area contributed by atoms with E-state index in [4.69, 9.17) is 32.7 Å². The lowest BCUT2D eigenvalue weighted by molar-refractivity contribution is -0.252. The highest BCUT2D eigenvalue weighted by atomic mass is 35.5. The number of nitrogens with one attached hydrogen (secondary N) is 1. The number of aromatic nitrogens is 4. The number of amides is 1. The summed E-state index contributed by atoms with van der Waals surface area (Å²) in [5.41, 5.74) is 5.22. The molecule has 1 amide bonds. The van der Waals surface area contributed by atoms with Crippen LogP contribution in [0.25, 0.3) is 11.0 Å². The molecule has 11 heteroatoms. The van der Waals surface area contributed by atoms with Gasteiger partial charge in [-0.25, -0.2) is 9.97 Å². The van der Waals surface area contributed by atoms with Crippen molar-refractivity contribution in [3.8, 4) is 0 Å². The lowest BCUT2D eigenvalue weighted by atomic mass is 10.00. The maximum atomic E-state index is 12.7. The fourth-order valence-corrected chi connectivity index (χ4v) is 5.17. The predicted octanol–water partition coefficient (Wildman–Crippen LogP) is 5.80. The minimum absolute atomic E-state index is 0.0253. The number of carbonyl (C=O) groups is 1. The Morgan fingerprint density at radius 3 is 2.36 bits per heavy atom. The third-order valence-electron chi connectivity index (χ3n) is 7.13. The van der Waals surface area contributed by atoms with Gasteiger partial charge in [-0.2, -0.15) is 0 Å². The van der Waals surface area contributed by atoms with Crippen molar-refractivity contribution in [1.82, 2.24) is 24.8 Å². The van der Waals surface area contributed by atoms with E-state index in [0.717, 1.165) is 27.8 Å². The summed E-state index contributed by atoms with van der Waals surface area (Å²) in [6.07, 6.45) is 2.53. The second-order valence-corrected chi connectivity index (χ2v) is 10.7. The molecule has 1 saturated heterocycles. The van der Waals surface area contributed by atoms with Crippen LogP contribution in [0.1, 0.15) is 51.6 Å². The Labute approximate surface area is 252 Å². The van der Waals surface area contributed by atoms with Crippen molar-refractivity contribution in [2.75, 3.05) is 0 Å². The normalized spacial score (nSPS) is 18.7. The summed E-state index contributed by atoms with van der Waals surface area (Å²) in [5, 5.41) is 12.9. The van der Waals surface area contributed by atoms with Gasteiger partial charge < -0.3 is 24.5 Å². The van der Waals surface area contributed by atoms with Crippen LogP contribution >= 0.6 is 23.2 Å². The number of para-hydroxylation sites is 2. The SMILES string of the molecule is O=C(NCc1ccc([C@@H]2O[C@H](Cn3cnc(Cl)c3Cl)C[C@H](c3ccc(CO)cc3)O2)cc1)c1cnc2ccccc2n1. The van der Waals surface area contributed by atoms with Crippen molar-refractivity contribution in [2.45, 2.75) is 44.6 Å². The molecule has 214 valence electrons. The van der Waals surface area contributed by atoms with Crippen LogP contribution < -0.4 is 5.32 Å². The van der Waals surface area contributed by atoms with E-state index < -0.39 is 6.29 Å². The average molecular weight is 604 g/mol. The van der Waals surface area contributed by atoms with Crippen molar-refractivity contribution in [1.29, 1.82) is 0 Å². The number of carbonyl (C=O) groups excluding carboxylic acids is 1. The Bertz CT molecular complexity index is 1690. The van der Waals surface area contributed by atoms with E-state index in [-0.39, 0.29) is 35.6 Å². The minimum atomic E-state index is -0.638. The molecule has 0 spiro atoms. The first-order valence-electron chi connectivity index (χ1n) is 13.4. The summed E-state index contributed by atoms with van der Waals surface area (Å²) in [6.45, 7) is 0.746. The van der Waals surface area contributed by atoms with Crippen molar-refractivity contribution >= 4 is 40.1 Å². The summed E-state index contributed by atoms with van der Waals surface area (Å²) in [5.74, 6) is -0.299. The van der Waals surface area contributed by atoms with Gasteiger partial charge in [0.15, 0.2) is 11.4 Å². The lowest BCUT2D eigenvalue weighted by Crippen LogP contribution is -2.32. The number of fused-ring (bicyclic) bond motifs is 1. The summed E-state index contributed by atoms with van der Waals surface area (Å²) >= 11 is 12.4. The van der Waals surface area contributed by atoms with E-state index in [1.54, 1.807) is 10.9 Å². The molecule has 0 unspecified atom stereocenters. The highest BCUT2D eigenvalue weighted by molar-refractivity contribution is 6.40. The number of hydrogen-bond acceptors (Lipinski definition) is 7. The zero-order valence-electron chi connectivity index (χ0n) is 22.4. The summed E-state index contributed by atoms with van der Waals surface area (Å²) < 4.78 is 14.5. The Balaban J connectivity index is 1.15. The maximum absolute atomic E-state index is 12.7. The van der Waals surface area contributed by atoms with Crippen LogP contribution in [0.15, 0.2) is 85.3 Å². The number of hydrogen-bond donors (Lipinski definition) is 2. The molecule has 0 saturated carbocycles. The standard InChI is InChI=1S/C31H27Cl2N5O4/c32-28-29(33)38(18-36-28)16-23-13-27(21-9-7-20(17-39)8-10-21)42-31(41-23)22-11-5-19(6-12-22)14-35-30(40)26-15-34-24-3-1-2-4-25(24)37-26/h1-12,15,18,23,27,31,39H,13-14,16-17H2,(H,35,40)/t23-,27+,31+/m0/s1. The topological polar surface area (TPSA) is 111 Å². The van der Waals surface area contributed by atoms with Crippen LogP contribution in [0, 0.1) is 0 Å². The van der Waals surface area contributed by atoms with Crippen molar-refractivity contribution in [3.63, 3.8) is 0 Å². The first-order chi connectivity index (χ1) is 20.5. The Morgan fingerprint density at radius 2 is 1.64 bits per heavy atom. The number of aliphatic hydroxyl groups is 1. The molecule has 42 heavy (non-hydrogen) atoms. The minimum Gasteiger partial charge on any atom is -0.392 e. The molecule has 2 aromatic heterocycles. The van der Waals surface area contributed by atoms with Gasteiger partial charge in [-0.15, -0.1) is 0 Å². The molecule has 6 rings (SSSR count). The first kappa shape index (κ1) is 28.3. The van der Waals surface area contributed by atoms with Gasteiger partial charge in [0.1, 0.15) is 10.8 Å². The van der Waals surface area contributed by atoms with Gasteiger partial charge in [-0.05, 0) is 28.8 Å². The highest BCUT2D eigenvalue weighted by Crippen LogP contribution is 2.39.